The highest BCUT2D eigenvalue weighted by Crippen LogP contribution is 2.21. The van der Waals surface area contributed by atoms with Gasteiger partial charge in [0.2, 0.25) is 0 Å². The van der Waals surface area contributed by atoms with E-state index in [0.717, 1.165) is 9.65 Å². The third-order valence-corrected chi connectivity index (χ3v) is 4.66. The Balaban J connectivity index is 2.11. The SMILES string of the molecule is Cc1ccc(S(=O)(=O)n2nnnc2-c2ccc(F)cc2)cc1. The van der Waals surface area contributed by atoms with Gasteiger partial charge in [-0.25, -0.2) is 4.39 Å². The molecule has 0 bridgehead atoms. The van der Waals surface area contributed by atoms with Gasteiger partial charge in [-0.2, -0.15) is 8.42 Å². The van der Waals surface area contributed by atoms with Crippen molar-refractivity contribution < 1.29 is 12.8 Å². The molecule has 3 rings (SSSR count). The summed E-state index contributed by atoms with van der Waals surface area (Å²) in [5.74, 6) is -0.398. The second-order valence-corrected chi connectivity index (χ2v) is 6.44. The van der Waals surface area contributed by atoms with Crippen LogP contribution >= 0.6 is 0 Å². The fraction of sp³-hybridized carbons (Fsp3) is 0.0714. The minimum Gasteiger partial charge on any atom is -0.207 e. The Morgan fingerprint density at radius 1 is 1.00 bits per heavy atom. The summed E-state index contributed by atoms with van der Waals surface area (Å²) in [5.41, 5.74) is 1.34. The molecule has 0 saturated carbocycles. The number of aromatic nitrogens is 4. The first-order chi connectivity index (χ1) is 10.5. The van der Waals surface area contributed by atoms with Gasteiger partial charge in [0.15, 0.2) is 5.82 Å². The highest BCUT2D eigenvalue weighted by atomic mass is 32.2. The molecule has 0 fully saturated rings. The van der Waals surface area contributed by atoms with Gasteiger partial charge in [0.05, 0.1) is 4.90 Å². The molecule has 0 radical (unpaired) electrons. The summed E-state index contributed by atoms with van der Waals surface area (Å²) in [6.45, 7) is 1.86. The van der Waals surface area contributed by atoms with Crippen LogP contribution in [0, 0.1) is 12.7 Å². The van der Waals surface area contributed by atoms with Crippen molar-refractivity contribution in [2.75, 3.05) is 0 Å². The average Bonchev–Trinajstić information content (AvgIpc) is 2.99. The van der Waals surface area contributed by atoms with Crippen LogP contribution in [-0.4, -0.2) is 28.0 Å². The molecule has 2 aromatic carbocycles. The third-order valence-electron chi connectivity index (χ3n) is 3.09. The fourth-order valence-corrected chi connectivity index (χ4v) is 3.10. The van der Waals surface area contributed by atoms with Crippen molar-refractivity contribution in [3.63, 3.8) is 0 Å². The molecule has 0 atom stereocenters. The van der Waals surface area contributed by atoms with E-state index >= 15 is 0 Å². The summed E-state index contributed by atoms with van der Waals surface area (Å²) < 4.78 is 39.0. The van der Waals surface area contributed by atoms with Crippen LogP contribution in [0.15, 0.2) is 53.4 Å². The Labute approximate surface area is 126 Å². The lowest BCUT2D eigenvalue weighted by Gasteiger charge is -2.06. The number of nitrogens with zero attached hydrogens (tertiary/aromatic N) is 4. The molecule has 0 aliphatic carbocycles. The largest absolute Gasteiger partial charge is 0.286 e. The van der Waals surface area contributed by atoms with E-state index in [4.69, 9.17) is 0 Å². The minimum atomic E-state index is -3.91. The second-order valence-electron chi connectivity index (χ2n) is 4.67. The van der Waals surface area contributed by atoms with Crippen LogP contribution in [0.25, 0.3) is 11.4 Å². The highest BCUT2D eigenvalue weighted by Gasteiger charge is 2.23. The highest BCUT2D eigenvalue weighted by molar-refractivity contribution is 7.90. The molecule has 0 spiro atoms. The van der Waals surface area contributed by atoms with Crippen LogP contribution in [-0.2, 0) is 10.0 Å². The summed E-state index contributed by atoms with van der Waals surface area (Å²) in [7, 11) is -3.91. The van der Waals surface area contributed by atoms with Gasteiger partial charge in [-0.3, -0.25) is 0 Å². The Morgan fingerprint density at radius 2 is 1.64 bits per heavy atom. The molecule has 0 unspecified atom stereocenters. The Morgan fingerprint density at radius 3 is 2.27 bits per heavy atom. The maximum absolute atomic E-state index is 13.0. The van der Waals surface area contributed by atoms with Gasteiger partial charge in [0, 0.05) is 5.56 Å². The first-order valence-corrected chi connectivity index (χ1v) is 7.79. The number of rotatable bonds is 3. The number of tetrazole rings is 1. The first kappa shape index (κ1) is 14.3. The molecule has 0 aliphatic rings. The number of halogens is 1. The van der Waals surface area contributed by atoms with Crippen LogP contribution in [0.2, 0.25) is 0 Å². The molecule has 0 N–H and O–H groups in total. The molecule has 22 heavy (non-hydrogen) atoms. The zero-order valence-corrected chi connectivity index (χ0v) is 12.3. The normalized spacial score (nSPS) is 11.5. The van der Waals surface area contributed by atoms with Gasteiger partial charge in [-0.15, -0.1) is 9.19 Å². The molecule has 112 valence electrons. The zero-order chi connectivity index (χ0) is 15.7. The lowest BCUT2D eigenvalue weighted by atomic mass is 10.2. The Bertz CT molecular complexity index is 903. The smallest absolute Gasteiger partial charge is 0.207 e. The van der Waals surface area contributed by atoms with Crippen molar-refractivity contribution in [1.29, 1.82) is 0 Å². The van der Waals surface area contributed by atoms with Crippen LogP contribution in [0.1, 0.15) is 5.56 Å². The summed E-state index contributed by atoms with van der Waals surface area (Å²) >= 11 is 0. The van der Waals surface area contributed by atoms with E-state index in [-0.39, 0.29) is 10.7 Å². The van der Waals surface area contributed by atoms with E-state index < -0.39 is 15.8 Å². The maximum Gasteiger partial charge on any atom is 0.286 e. The van der Waals surface area contributed by atoms with E-state index in [2.05, 4.69) is 15.5 Å². The average molecular weight is 318 g/mol. The second kappa shape index (κ2) is 5.30. The summed E-state index contributed by atoms with van der Waals surface area (Å²) in [5, 5.41) is 10.7. The predicted molar refractivity (Wildman–Crippen MR) is 77.0 cm³/mol. The van der Waals surface area contributed by atoms with Crippen molar-refractivity contribution in [3.8, 4) is 11.4 Å². The van der Waals surface area contributed by atoms with Crippen LogP contribution < -0.4 is 0 Å². The van der Waals surface area contributed by atoms with E-state index in [1.807, 2.05) is 6.92 Å². The molecule has 1 aromatic heterocycles. The van der Waals surface area contributed by atoms with Crippen LogP contribution in [0.4, 0.5) is 4.39 Å². The summed E-state index contributed by atoms with van der Waals surface area (Å²) in [6.07, 6.45) is 0. The van der Waals surface area contributed by atoms with E-state index in [1.54, 1.807) is 12.1 Å². The summed E-state index contributed by atoms with van der Waals surface area (Å²) in [6, 6.07) is 11.6. The van der Waals surface area contributed by atoms with Gasteiger partial charge in [0.25, 0.3) is 10.0 Å². The van der Waals surface area contributed by atoms with Crippen LogP contribution in [0.5, 0.6) is 0 Å². The van der Waals surface area contributed by atoms with Crippen molar-refractivity contribution in [2.45, 2.75) is 11.8 Å². The van der Waals surface area contributed by atoms with Crippen molar-refractivity contribution in [1.82, 2.24) is 19.6 Å². The topological polar surface area (TPSA) is 77.7 Å². The zero-order valence-electron chi connectivity index (χ0n) is 11.5. The molecule has 3 aromatic rings. The fourth-order valence-electron chi connectivity index (χ4n) is 1.92. The monoisotopic (exact) mass is 318 g/mol. The molecular formula is C14H11FN4O2S. The standard InChI is InChI=1S/C14H11FN4O2S/c1-10-2-8-13(9-3-10)22(20,21)19-14(16-17-18-19)11-4-6-12(15)7-5-11/h2-9H,1H3. The van der Waals surface area contributed by atoms with Gasteiger partial charge < -0.3 is 0 Å². The molecule has 0 aliphatic heterocycles. The lowest BCUT2D eigenvalue weighted by molar-refractivity contribution is 0.578. The van der Waals surface area contributed by atoms with Crippen LogP contribution in [0.3, 0.4) is 0 Å². The molecule has 1 heterocycles. The summed E-state index contributed by atoms with van der Waals surface area (Å²) in [4.78, 5) is 0.0776. The number of hydrogen-bond donors (Lipinski definition) is 0. The third kappa shape index (κ3) is 2.48. The van der Waals surface area contributed by atoms with Gasteiger partial charge in [-0.05, 0) is 53.7 Å². The number of hydrogen-bond acceptors (Lipinski definition) is 5. The maximum atomic E-state index is 13.0. The first-order valence-electron chi connectivity index (χ1n) is 6.35. The quantitative estimate of drug-likeness (QED) is 0.738. The van der Waals surface area contributed by atoms with Gasteiger partial charge >= 0.3 is 0 Å². The molecular weight excluding hydrogens is 307 g/mol. The Hall–Kier alpha value is -2.61. The van der Waals surface area contributed by atoms with Crippen molar-refractivity contribution >= 4 is 10.0 Å². The van der Waals surface area contributed by atoms with Gasteiger partial charge in [-0.1, -0.05) is 17.7 Å². The van der Waals surface area contributed by atoms with Crippen molar-refractivity contribution in [2.24, 2.45) is 0 Å². The Kier molecular flexibility index (Phi) is 3.45. The number of aryl methyl sites for hydroxylation is 1. The molecule has 6 nitrogen and oxygen atoms in total. The van der Waals surface area contributed by atoms with E-state index in [9.17, 15) is 12.8 Å². The molecule has 8 heteroatoms. The van der Waals surface area contributed by atoms with E-state index in [0.29, 0.717) is 5.56 Å². The van der Waals surface area contributed by atoms with Crippen molar-refractivity contribution in [3.05, 3.63) is 59.9 Å². The molecule has 0 amide bonds. The lowest BCUT2D eigenvalue weighted by Crippen LogP contribution is -2.16. The van der Waals surface area contributed by atoms with E-state index in [1.165, 1.54) is 36.4 Å². The van der Waals surface area contributed by atoms with Gasteiger partial charge in [0.1, 0.15) is 5.82 Å². The molecule has 0 saturated heterocycles. The number of benzene rings is 2. The predicted octanol–water partition coefficient (Wildman–Crippen LogP) is 2.02. The minimum absolute atomic E-state index is 0.0283.